The molecule has 0 radical (unpaired) electrons. The maximum Gasteiger partial charge on any atom is 0.288 e. The fourth-order valence-electron chi connectivity index (χ4n) is 1.27. The van der Waals surface area contributed by atoms with Crippen LogP contribution in [0.1, 0.15) is 5.56 Å². The van der Waals surface area contributed by atoms with Gasteiger partial charge in [-0.15, -0.1) is 10.2 Å². The van der Waals surface area contributed by atoms with E-state index in [9.17, 15) is 10.1 Å². The molecule has 9 heteroatoms. The van der Waals surface area contributed by atoms with E-state index in [1.54, 1.807) is 23.9 Å². The lowest BCUT2D eigenvalue weighted by Crippen LogP contribution is -1.91. The highest BCUT2D eigenvalue weighted by Crippen LogP contribution is 2.31. The fourth-order valence-corrected chi connectivity index (χ4v) is 3.84. The third-order valence-corrected chi connectivity index (χ3v) is 5.55. The molecule has 0 N–H and O–H groups in total. The molecule has 1 heterocycles. The van der Waals surface area contributed by atoms with E-state index in [2.05, 4.69) is 10.2 Å². The minimum atomic E-state index is -0.479. The van der Waals surface area contributed by atoms with E-state index < -0.39 is 4.92 Å². The SMILES string of the molecule is CSc1nnc(SCc2ccc(Cl)c([N+](=O)[O-])c2)s1. The Morgan fingerprint density at radius 1 is 1.42 bits per heavy atom. The highest BCUT2D eigenvalue weighted by Gasteiger charge is 2.13. The van der Waals surface area contributed by atoms with Crippen molar-refractivity contribution in [1.29, 1.82) is 0 Å². The lowest BCUT2D eigenvalue weighted by atomic mass is 10.2. The van der Waals surface area contributed by atoms with Crippen molar-refractivity contribution in [2.24, 2.45) is 0 Å². The van der Waals surface area contributed by atoms with Crippen LogP contribution in [-0.4, -0.2) is 21.4 Å². The van der Waals surface area contributed by atoms with Gasteiger partial charge < -0.3 is 0 Å². The van der Waals surface area contributed by atoms with Crippen LogP contribution >= 0.6 is 46.5 Å². The fraction of sp³-hybridized carbons (Fsp3) is 0.200. The van der Waals surface area contributed by atoms with Crippen molar-refractivity contribution in [3.05, 3.63) is 38.9 Å². The van der Waals surface area contributed by atoms with E-state index in [0.717, 1.165) is 14.2 Å². The summed E-state index contributed by atoms with van der Waals surface area (Å²) in [5.41, 5.74) is 0.767. The van der Waals surface area contributed by atoms with Crippen molar-refractivity contribution >= 4 is 52.1 Å². The van der Waals surface area contributed by atoms with Gasteiger partial charge in [0.2, 0.25) is 0 Å². The first kappa shape index (κ1) is 14.6. The van der Waals surface area contributed by atoms with E-state index in [-0.39, 0.29) is 10.7 Å². The molecule has 0 saturated heterocycles. The number of nitro groups is 1. The smallest absolute Gasteiger partial charge is 0.258 e. The Hall–Kier alpha value is -0.830. The van der Waals surface area contributed by atoms with Gasteiger partial charge in [0.1, 0.15) is 5.02 Å². The zero-order valence-corrected chi connectivity index (χ0v) is 12.9. The van der Waals surface area contributed by atoms with Crippen molar-refractivity contribution in [2.75, 3.05) is 6.26 Å². The van der Waals surface area contributed by atoms with Crippen LogP contribution in [0.25, 0.3) is 0 Å². The first-order chi connectivity index (χ1) is 9.10. The molecule has 100 valence electrons. The molecule has 0 atom stereocenters. The summed E-state index contributed by atoms with van der Waals surface area (Å²) in [5, 5.41) is 18.9. The number of hydrogen-bond donors (Lipinski definition) is 0. The Kier molecular flexibility index (Phi) is 5.03. The van der Waals surface area contributed by atoms with Gasteiger partial charge in [-0.1, -0.05) is 52.5 Å². The molecule has 2 aromatic rings. The molecule has 0 bridgehead atoms. The average Bonchev–Trinajstić information content (AvgIpc) is 2.85. The predicted octanol–water partition coefficient (Wildman–Crippen LogP) is 4.11. The summed E-state index contributed by atoms with van der Waals surface area (Å²) < 4.78 is 1.76. The van der Waals surface area contributed by atoms with E-state index in [1.807, 2.05) is 6.26 Å². The van der Waals surface area contributed by atoms with Crippen LogP contribution in [0.5, 0.6) is 0 Å². The van der Waals surface area contributed by atoms with Gasteiger partial charge in [0, 0.05) is 11.8 Å². The molecule has 0 aliphatic heterocycles. The normalized spacial score (nSPS) is 10.6. The highest BCUT2D eigenvalue weighted by atomic mass is 35.5. The number of halogens is 1. The van der Waals surface area contributed by atoms with Gasteiger partial charge in [-0.05, 0) is 17.9 Å². The van der Waals surface area contributed by atoms with E-state index in [0.29, 0.717) is 5.75 Å². The molecule has 0 amide bonds. The zero-order chi connectivity index (χ0) is 13.8. The van der Waals surface area contributed by atoms with Gasteiger partial charge in [0.05, 0.1) is 4.92 Å². The number of aromatic nitrogens is 2. The van der Waals surface area contributed by atoms with Crippen LogP contribution in [0, 0.1) is 10.1 Å². The van der Waals surface area contributed by atoms with Crippen LogP contribution in [0.3, 0.4) is 0 Å². The summed E-state index contributed by atoms with van der Waals surface area (Å²) in [6, 6.07) is 4.81. The summed E-state index contributed by atoms with van der Waals surface area (Å²) in [6.07, 6.45) is 1.94. The predicted molar refractivity (Wildman–Crippen MR) is 79.4 cm³/mol. The van der Waals surface area contributed by atoms with Crippen molar-refractivity contribution in [1.82, 2.24) is 10.2 Å². The summed E-state index contributed by atoms with van der Waals surface area (Å²) in [4.78, 5) is 10.3. The molecule has 0 saturated carbocycles. The lowest BCUT2D eigenvalue weighted by molar-refractivity contribution is -0.384. The van der Waals surface area contributed by atoms with Crippen molar-refractivity contribution < 1.29 is 4.92 Å². The number of rotatable bonds is 5. The Morgan fingerprint density at radius 2 is 2.16 bits per heavy atom. The van der Waals surface area contributed by atoms with Gasteiger partial charge in [-0.3, -0.25) is 10.1 Å². The third kappa shape index (κ3) is 3.82. The number of benzene rings is 1. The molecule has 0 aliphatic carbocycles. The van der Waals surface area contributed by atoms with Gasteiger partial charge in [-0.25, -0.2) is 0 Å². The monoisotopic (exact) mass is 333 g/mol. The Bertz CT molecular complexity index is 605. The Labute approximate surface area is 126 Å². The average molecular weight is 334 g/mol. The van der Waals surface area contributed by atoms with Crippen LogP contribution in [0.15, 0.2) is 26.9 Å². The number of thioether (sulfide) groups is 2. The summed E-state index contributed by atoms with van der Waals surface area (Å²) in [7, 11) is 0. The second-order valence-corrected chi connectivity index (χ2v) is 7.03. The van der Waals surface area contributed by atoms with Crippen LogP contribution in [0.4, 0.5) is 5.69 Å². The highest BCUT2D eigenvalue weighted by molar-refractivity contribution is 8.02. The van der Waals surface area contributed by atoms with Crippen molar-refractivity contribution in [3.63, 3.8) is 0 Å². The lowest BCUT2D eigenvalue weighted by Gasteiger charge is -2.00. The first-order valence-electron chi connectivity index (χ1n) is 5.03. The summed E-state index contributed by atoms with van der Waals surface area (Å²) in [6.45, 7) is 0. The molecule has 0 spiro atoms. The van der Waals surface area contributed by atoms with Crippen LogP contribution < -0.4 is 0 Å². The van der Waals surface area contributed by atoms with Gasteiger partial charge in [0.15, 0.2) is 8.68 Å². The molecular formula is C10H8ClN3O2S3. The third-order valence-electron chi connectivity index (χ3n) is 2.13. The first-order valence-corrected chi connectivity index (χ1v) is 8.43. The zero-order valence-electron chi connectivity index (χ0n) is 9.70. The second kappa shape index (κ2) is 6.56. The number of nitrogens with zero attached hydrogens (tertiary/aromatic N) is 3. The standard InChI is InChI=1S/C10H8ClN3O2S3/c1-17-9-12-13-10(19-9)18-5-6-2-3-7(11)8(4-6)14(15)16/h2-4H,5H2,1H3. The quantitative estimate of drug-likeness (QED) is 0.466. The summed E-state index contributed by atoms with van der Waals surface area (Å²) in [5.74, 6) is 0.598. The van der Waals surface area contributed by atoms with E-state index in [4.69, 9.17) is 11.6 Å². The largest absolute Gasteiger partial charge is 0.288 e. The van der Waals surface area contributed by atoms with E-state index >= 15 is 0 Å². The molecule has 0 unspecified atom stereocenters. The van der Waals surface area contributed by atoms with Crippen LogP contribution in [0.2, 0.25) is 5.02 Å². The number of hydrogen-bond acceptors (Lipinski definition) is 7. The molecule has 0 fully saturated rings. The van der Waals surface area contributed by atoms with Crippen LogP contribution in [-0.2, 0) is 5.75 Å². The Morgan fingerprint density at radius 3 is 2.79 bits per heavy atom. The maximum absolute atomic E-state index is 10.8. The van der Waals surface area contributed by atoms with Gasteiger partial charge in [-0.2, -0.15) is 0 Å². The maximum atomic E-state index is 10.8. The molecular weight excluding hydrogens is 326 g/mol. The summed E-state index contributed by atoms with van der Waals surface area (Å²) >= 11 is 10.3. The number of nitro benzene ring substituents is 1. The minimum Gasteiger partial charge on any atom is -0.258 e. The van der Waals surface area contributed by atoms with E-state index in [1.165, 1.54) is 29.2 Å². The molecule has 0 aliphatic rings. The molecule has 1 aromatic heterocycles. The van der Waals surface area contributed by atoms with Gasteiger partial charge in [0.25, 0.3) is 5.69 Å². The molecule has 5 nitrogen and oxygen atoms in total. The minimum absolute atomic E-state index is 0.0677. The van der Waals surface area contributed by atoms with Crippen molar-refractivity contribution in [3.8, 4) is 0 Å². The topological polar surface area (TPSA) is 68.9 Å². The van der Waals surface area contributed by atoms with Crippen molar-refractivity contribution in [2.45, 2.75) is 14.4 Å². The molecule has 2 rings (SSSR count). The second-order valence-electron chi connectivity index (χ2n) is 3.37. The van der Waals surface area contributed by atoms with Gasteiger partial charge >= 0.3 is 0 Å². The molecule has 1 aromatic carbocycles. The molecule has 19 heavy (non-hydrogen) atoms. The Balaban J connectivity index is 2.07.